The van der Waals surface area contributed by atoms with E-state index >= 15 is 0 Å². The van der Waals surface area contributed by atoms with Gasteiger partial charge in [0.2, 0.25) is 0 Å². The Labute approximate surface area is 122 Å². The van der Waals surface area contributed by atoms with E-state index in [9.17, 15) is 4.79 Å². The molecular formula is C16H26N2O2. The second kappa shape index (κ2) is 6.49. The Balaban J connectivity index is 1.79. The van der Waals surface area contributed by atoms with Gasteiger partial charge in [0.05, 0.1) is 6.04 Å². The third-order valence-corrected chi connectivity index (χ3v) is 4.19. The first-order valence-corrected chi connectivity index (χ1v) is 7.72. The van der Waals surface area contributed by atoms with Crippen molar-refractivity contribution in [3.05, 3.63) is 0 Å². The molecule has 2 aliphatic heterocycles. The van der Waals surface area contributed by atoms with E-state index in [1.54, 1.807) is 4.90 Å². The van der Waals surface area contributed by atoms with Gasteiger partial charge in [-0.1, -0.05) is 18.8 Å². The Morgan fingerprint density at radius 2 is 2.10 bits per heavy atom. The molecule has 0 unspecified atom stereocenters. The molecule has 20 heavy (non-hydrogen) atoms. The molecule has 1 N–H and O–H groups in total. The highest BCUT2D eigenvalue weighted by Gasteiger charge is 2.28. The maximum Gasteiger partial charge on any atom is 0.410 e. The molecule has 0 aliphatic carbocycles. The Kier molecular flexibility index (Phi) is 4.93. The van der Waals surface area contributed by atoms with Gasteiger partial charge < -0.3 is 9.64 Å². The Morgan fingerprint density at radius 1 is 1.40 bits per heavy atom. The van der Waals surface area contributed by atoms with Gasteiger partial charge in [-0.25, -0.2) is 4.79 Å². The van der Waals surface area contributed by atoms with Crippen molar-refractivity contribution in [1.29, 1.82) is 0 Å². The van der Waals surface area contributed by atoms with Crippen LogP contribution in [0.25, 0.3) is 0 Å². The van der Waals surface area contributed by atoms with Gasteiger partial charge in [0.1, 0.15) is 6.10 Å². The Hall–Kier alpha value is -1.21. The Bertz CT molecular complexity index is 402. The maximum atomic E-state index is 11.9. The fourth-order valence-corrected chi connectivity index (χ4v) is 2.39. The first-order chi connectivity index (χ1) is 9.50. The van der Waals surface area contributed by atoms with E-state index in [1.807, 2.05) is 0 Å². The normalized spacial score (nSPS) is 26.2. The van der Waals surface area contributed by atoms with Gasteiger partial charge in [-0.05, 0) is 33.1 Å². The van der Waals surface area contributed by atoms with E-state index in [2.05, 4.69) is 37.9 Å². The maximum absolute atomic E-state index is 11.9. The molecule has 0 aromatic rings. The first kappa shape index (κ1) is 15.2. The topological polar surface area (TPSA) is 41.6 Å². The van der Waals surface area contributed by atoms with E-state index in [-0.39, 0.29) is 23.7 Å². The second-order valence-electron chi connectivity index (χ2n) is 6.40. The van der Waals surface area contributed by atoms with Gasteiger partial charge in [-0.2, -0.15) is 0 Å². The van der Waals surface area contributed by atoms with E-state index in [0.717, 1.165) is 38.8 Å². The fraction of sp³-hybridized carbons (Fsp3) is 0.812. The summed E-state index contributed by atoms with van der Waals surface area (Å²) in [6.45, 7) is 8.85. The van der Waals surface area contributed by atoms with Crippen LogP contribution in [0, 0.1) is 17.3 Å². The molecule has 0 aromatic heterocycles. The van der Waals surface area contributed by atoms with Gasteiger partial charge in [0.15, 0.2) is 0 Å². The van der Waals surface area contributed by atoms with Crippen LogP contribution in [-0.2, 0) is 4.74 Å². The van der Waals surface area contributed by atoms with E-state index in [0.29, 0.717) is 6.54 Å². The van der Waals surface area contributed by atoms with Crippen LogP contribution in [0.1, 0.15) is 46.5 Å². The fourth-order valence-electron chi connectivity index (χ4n) is 2.39. The molecule has 2 fully saturated rings. The molecular weight excluding hydrogens is 252 g/mol. The molecule has 112 valence electrons. The van der Waals surface area contributed by atoms with Crippen LogP contribution < -0.4 is 5.32 Å². The summed E-state index contributed by atoms with van der Waals surface area (Å²) in [6, 6.07) is 0.150. The zero-order valence-corrected chi connectivity index (χ0v) is 12.9. The number of rotatable bonds is 2. The zero-order valence-electron chi connectivity index (χ0n) is 12.9. The largest absolute Gasteiger partial charge is 0.445 e. The predicted molar refractivity (Wildman–Crippen MR) is 79.3 cm³/mol. The lowest BCUT2D eigenvalue weighted by atomic mass is 9.91. The molecule has 0 aromatic carbocycles. The summed E-state index contributed by atoms with van der Waals surface area (Å²) in [4.78, 5) is 13.7. The van der Waals surface area contributed by atoms with E-state index in [4.69, 9.17) is 4.74 Å². The van der Waals surface area contributed by atoms with Gasteiger partial charge >= 0.3 is 6.09 Å². The van der Waals surface area contributed by atoms with Crippen molar-refractivity contribution in [3.63, 3.8) is 0 Å². The predicted octanol–water partition coefficient (Wildman–Crippen LogP) is 2.39. The van der Waals surface area contributed by atoms with E-state index in [1.165, 1.54) is 0 Å². The SMILES string of the molecule is CCC(C)(C)C#C[C@H]1C[C@H](OC(=O)N2CCCC2)CN1. The third-order valence-electron chi connectivity index (χ3n) is 4.19. The van der Waals surface area contributed by atoms with E-state index < -0.39 is 0 Å². The molecule has 0 saturated carbocycles. The highest BCUT2D eigenvalue weighted by molar-refractivity contribution is 5.68. The summed E-state index contributed by atoms with van der Waals surface area (Å²) < 4.78 is 5.54. The zero-order chi connectivity index (χ0) is 14.6. The smallest absolute Gasteiger partial charge is 0.410 e. The lowest BCUT2D eigenvalue weighted by molar-refractivity contribution is 0.0763. The minimum absolute atomic E-state index is 0.0351. The molecule has 0 radical (unpaired) electrons. The number of hydrogen-bond acceptors (Lipinski definition) is 3. The number of ether oxygens (including phenoxy) is 1. The minimum atomic E-state index is -0.156. The van der Waals surface area contributed by atoms with Crippen LogP contribution in [0.2, 0.25) is 0 Å². The summed E-state index contributed by atoms with van der Waals surface area (Å²) >= 11 is 0. The number of nitrogens with zero attached hydrogens (tertiary/aromatic N) is 1. The second-order valence-corrected chi connectivity index (χ2v) is 6.40. The monoisotopic (exact) mass is 278 g/mol. The van der Waals surface area contributed by atoms with Crippen molar-refractivity contribution in [2.45, 2.75) is 58.6 Å². The van der Waals surface area contributed by atoms with Crippen molar-refractivity contribution in [3.8, 4) is 11.8 Å². The summed E-state index contributed by atoms with van der Waals surface area (Å²) in [6.07, 6.45) is 3.84. The summed E-state index contributed by atoms with van der Waals surface area (Å²) in [5, 5.41) is 3.33. The average molecular weight is 278 g/mol. The molecule has 0 bridgehead atoms. The van der Waals surface area contributed by atoms with Crippen molar-refractivity contribution in [2.75, 3.05) is 19.6 Å². The quantitative estimate of drug-likeness (QED) is 0.789. The van der Waals surface area contributed by atoms with Crippen molar-refractivity contribution < 1.29 is 9.53 Å². The van der Waals surface area contributed by atoms with Crippen molar-refractivity contribution in [2.24, 2.45) is 5.41 Å². The lowest BCUT2D eigenvalue weighted by Crippen LogP contribution is -2.32. The molecule has 2 rings (SSSR count). The molecule has 4 nitrogen and oxygen atoms in total. The third kappa shape index (κ3) is 4.14. The summed E-state index contributed by atoms with van der Waals surface area (Å²) in [5.74, 6) is 6.60. The molecule has 2 heterocycles. The first-order valence-electron chi connectivity index (χ1n) is 7.72. The number of amides is 1. The van der Waals surface area contributed by atoms with Crippen molar-refractivity contribution >= 4 is 6.09 Å². The molecule has 1 amide bonds. The van der Waals surface area contributed by atoms with Crippen LogP contribution in [0.3, 0.4) is 0 Å². The molecule has 2 atom stereocenters. The van der Waals surface area contributed by atoms with Crippen LogP contribution in [-0.4, -0.2) is 42.8 Å². The van der Waals surface area contributed by atoms with Crippen LogP contribution in [0.5, 0.6) is 0 Å². The number of carbonyl (C=O) groups is 1. The standard InChI is InChI=1S/C16H26N2O2/c1-4-16(2,3)8-7-13-11-14(12-17-13)20-15(19)18-9-5-6-10-18/h13-14,17H,4-6,9-12H2,1-3H3/t13-,14-/m0/s1. The number of hydrogen-bond donors (Lipinski definition) is 1. The molecule has 2 aliphatic rings. The highest BCUT2D eigenvalue weighted by Crippen LogP contribution is 2.19. The van der Waals surface area contributed by atoms with Crippen LogP contribution >= 0.6 is 0 Å². The molecule has 0 spiro atoms. The van der Waals surface area contributed by atoms with Gasteiger partial charge in [0, 0.05) is 31.5 Å². The van der Waals surface area contributed by atoms with Gasteiger partial charge in [-0.15, -0.1) is 0 Å². The summed E-state index contributed by atoms with van der Waals surface area (Å²) in [5.41, 5.74) is 0.0615. The number of carbonyl (C=O) groups excluding carboxylic acids is 1. The lowest BCUT2D eigenvalue weighted by Gasteiger charge is -2.18. The Morgan fingerprint density at radius 3 is 2.75 bits per heavy atom. The van der Waals surface area contributed by atoms with Crippen LogP contribution in [0.15, 0.2) is 0 Å². The summed E-state index contributed by atoms with van der Waals surface area (Å²) in [7, 11) is 0. The highest BCUT2D eigenvalue weighted by atomic mass is 16.6. The number of likely N-dealkylation sites (tertiary alicyclic amines) is 1. The molecule has 4 heteroatoms. The van der Waals surface area contributed by atoms with Crippen molar-refractivity contribution in [1.82, 2.24) is 10.2 Å². The van der Waals surface area contributed by atoms with Crippen LogP contribution in [0.4, 0.5) is 4.79 Å². The molecule has 2 saturated heterocycles. The number of nitrogens with one attached hydrogen (secondary N) is 1. The van der Waals surface area contributed by atoms with Gasteiger partial charge in [-0.3, -0.25) is 5.32 Å². The average Bonchev–Trinajstić information content (AvgIpc) is 3.08. The van der Waals surface area contributed by atoms with Gasteiger partial charge in [0.25, 0.3) is 0 Å². The minimum Gasteiger partial charge on any atom is -0.445 e.